The maximum absolute atomic E-state index is 12.0. The Bertz CT molecular complexity index is 889. The molecule has 0 saturated carbocycles. The molecule has 8 heteroatoms. The fourth-order valence-corrected chi connectivity index (χ4v) is 3.12. The van der Waals surface area contributed by atoms with Gasteiger partial charge in [-0.25, -0.2) is 9.82 Å². The number of rotatable bonds is 2. The summed E-state index contributed by atoms with van der Waals surface area (Å²) in [6.07, 6.45) is 6.03. The van der Waals surface area contributed by atoms with Gasteiger partial charge in [0.15, 0.2) is 12.7 Å². The van der Waals surface area contributed by atoms with Crippen LogP contribution >= 0.6 is 11.6 Å². The zero-order chi connectivity index (χ0) is 16.7. The highest BCUT2D eigenvalue weighted by Gasteiger charge is 2.47. The molecule has 0 bridgehead atoms. The molecule has 3 heterocycles. The molecule has 1 unspecified atom stereocenters. The second-order valence-electron chi connectivity index (χ2n) is 5.40. The summed E-state index contributed by atoms with van der Waals surface area (Å²) < 4.78 is 6.67. The Labute approximate surface area is 142 Å². The van der Waals surface area contributed by atoms with Crippen molar-refractivity contribution in [2.45, 2.75) is 13.5 Å². The Balaban J connectivity index is 1.89. The number of benzene rings is 1. The summed E-state index contributed by atoms with van der Waals surface area (Å²) >= 11 is 6.17. The van der Waals surface area contributed by atoms with Gasteiger partial charge in [0, 0.05) is 5.02 Å². The monoisotopic (exact) mass is 345 g/mol. The van der Waals surface area contributed by atoms with E-state index in [9.17, 15) is 4.79 Å². The van der Waals surface area contributed by atoms with Gasteiger partial charge < -0.3 is 4.74 Å². The van der Waals surface area contributed by atoms with Crippen LogP contribution in [0.25, 0.3) is 5.69 Å². The van der Waals surface area contributed by atoms with Gasteiger partial charge in [0.1, 0.15) is 5.69 Å². The minimum atomic E-state index is -0.750. The van der Waals surface area contributed by atoms with Crippen LogP contribution in [0.4, 0.5) is 4.79 Å². The number of carbonyl (C=O) groups excluding carboxylic acids is 1. The van der Waals surface area contributed by atoms with Crippen molar-refractivity contribution >= 4 is 23.6 Å². The van der Waals surface area contributed by atoms with E-state index in [0.717, 1.165) is 16.9 Å². The zero-order valence-corrected chi connectivity index (χ0v) is 13.6. The lowest BCUT2D eigenvalue weighted by molar-refractivity contribution is -0.986. The van der Waals surface area contributed by atoms with Gasteiger partial charge in [-0.05, 0) is 29.8 Å². The second kappa shape index (κ2) is 5.47. The average molecular weight is 346 g/mol. The number of quaternary nitrogens is 1. The standard InChI is InChI=1S/C16H14ClN4O3/c1-2-23-16(22)24-21-6-5-19-15(21)13-4-3-11(17)7-14(13)20-10-18-8-12(20)9-21/h3-8,10H,2,9H2,1H3/q+1. The number of halogens is 1. The van der Waals surface area contributed by atoms with Crippen molar-refractivity contribution < 1.29 is 19.0 Å². The molecule has 0 spiro atoms. The topological polar surface area (TPSA) is 65.7 Å². The Kier molecular flexibility index (Phi) is 3.40. The third-order valence-electron chi connectivity index (χ3n) is 3.93. The van der Waals surface area contributed by atoms with Gasteiger partial charge in [-0.3, -0.25) is 4.57 Å². The predicted octanol–water partition coefficient (Wildman–Crippen LogP) is 3.18. The lowest BCUT2D eigenvalue weighted by Crippen LogP contribution is -2.47. The van der Waals surface area contributed by atoms with Crippen molar-refractivity contribution in [1.29, 1.82) is 0 Å². The predicted molar refractivity (Wildman–Crippen MR) is 86.3 cm³/mol. The molecule has 0 aliphatic carbocycles. The van der Waals surface area contributed by atoms with Crippen LogP contribution in [0.15, 0.2) is 48.1 Å². The maximum Gasteiger partial charge on any atom is 0.560 e. The maximum atomic E-state index is 12.0. The molecule has 1 atom stereocenters. The zero-order valence-electron chi connectivity index (χ0n) is 12.8. The average Bonchev–Trinajstić information content (AvgIpc) is 3.13. The third kappa shape index (κ3) is 2.21. The van der Waals surface area contributed by atoms with Gasteiger partial charge in [0.05, 0.1) is 36.6 Å². The van der Waals surface area contributed by atoms with Gasteiger partial charge in [-0.1, -0.05) is 11.6 Å². The third-order valence-corrected chi connectivity index (χ3v) is 4.17. The summed E-state index contributed by atoms with van der Waals surface area (Å²) in [5.41, 5.74) is 2.51. The number of hydroxylamine groups is 3. The van der Waals surface area contributed by atoms with Crippen LogP contribution < -0.4 is 0 Å². The van der Waals surface area contributed by atoms with E-state index in [1.807, 2.05) is 16.7 Å². The molecule has 4 rings (SSSR count). The molecule has 0 N–H and O–H groups in total. The molecule has 122 valence electrons. The first kappa shape index (κ1) is 14.9. The summed E-state index contributed by atoms with van der Waals surface area (Å²) in [4.78, 5) is 26.3. The first-order valence-corrected chi connectivity index (χ1v) is 7.82. The van der Waals surface area contributed by atoms with Crippen LogP contribution in [0.2, 0.25) is 5.02 Å². The van der Waals surface area contributed by atoms with Crippen LogP contribution in [-0.4, -0.2) is 32.8 Å². The molecular weight excluding hydrogens is 332 g/mol. The molecule has 7 nitrogen and oxygen atoms in total. The SMILES string of the molecule is CCOC(=O)O[N+]12C=CN=C1c1ccc(Cl)cc1-n1cncc1C2. The molecule has 0 saturated heterocycles. The highest BCUT2D eigenvalue weighted by atomic mass is 35.5. The summed E-state index contributed by atoms with van der Waals surface area (Å²) in [5, 5.41) is 0.603. The minimum absolute atomic E-state index is 0.209. The van der Waals surface area contributed by atoms with Gasteiger partial charge in [-0.15, -0.1) is 0 Å². The molecular formula is C16H14ClN4O3+. The van der Waals surface area contributed by atoms with E-state index < -0.39 is 6.16 Å². The van der Waals surface area contributed by atoms with Crippen LogP contribution in [0, 0.1) is 0 Å². The summed E-state index contributed by atoms with van der Waals surface area (Å²) in [6, 6.07) is 5.48. The van der Waals surface area contributed by atoms with Crippen LogP contribution in [0.3, 0.4) is 0 Å². The smallest absolute Gasteiger partial charge is 0.431 e. The summed E-state index contributed by atoms with van der Waals surface area (Å²) in [7, 11) is 0. The largest absolute Gasteiger partial charge is 0.560 e. The Hall–Kier alpha value is -2.64. The Morgan fingerprint density at radius 1 is 1.46 bits per heavy atom. The molecule has 0 amide bonds. The fraction of sp³-hybridized carbons (Fsp3) is 0.188. The van der Waals surface area contributed by atoms with Crippen LogP contribution in [-0.2, 0) is 16.1 Å². The highest BCUT2D eigenvalue weighted by molar-refractivity contribution is 6.31. The number of ether oxygens (including phenoxy) is 1. The highest BCUT2D eigenvalue weighted by Crippen LogP contribution is 2.34. The number of hydrogen-bond acceptors (Lipinski definition) is 5. The molecule has 2 aliphatic heterocycles. The van der Waals surface area contributed by atoms with Crippen molar-refractivity contribution in [1.82, 2.24) is 9.55 Å². The van der Waals surface area contributed by atoms with Gasteiger partial charge in [0.2, 0.25) is 0 Å². The van der Waals surface area contributed by atoms with E-state index in [4.69, 9.17) is 21.2 Å². The van der Waals surface area contributed by atoms with Gasteiger partial charge in [0.25, 0.3) is 5.84 Å². The number of hydrogen-bond donors (Lipinski definition) is 0. The number of fused-ring (bicyclic) bond motifs is 5. The lowest BCUT2D eigenvalue weighted by atomic mass is 10.1. The summed E-state index contributed by atoms with van der Waals surface area (Å²) in [6.45, 7) is 2.31. The summed E-state index contributed by atoms with van der Waals surface area (Å²) in [5.74, 6) is 0.596. The molecule has 2 aromatic rings. The molecule has 0 fully saturated rings. The van der Waals surface area contributed by atoms with Crippen LogP contribution in [0.1, 0.15) is 18.2 Å². The molecule has 1 aromatic carbocycles. The quantitative estimate of drug-likeness (QED) is 0.619. The van der Waals surface area contributed by atoms with E-state index in [1.54, 1.807) is 37.9 Å². The second-order valence-corrected chi connectivity index (χ2v) is 5.83. The first-order chi connectivity index (χ1) is 11.6. The first-order valence-electron chi connectivity index (χ1n) is 7.44. The molecule has 2 aliphatic rings. The van der Waals surface area contributed by atoms with Crippen molar-refractivity contribution in [3.63, 3.8) is 0 Å². The number of nitrogens with zero attached hydrogens (tertiary/aromatic N) is 4. The Morgan fingerprint density at radius 3 is 3.17 bits per heavy atom. The number of imidazole rings is 1. The van der Waals surface area contributed by atoms with E-state index in [0.29, 0.717) is 17.4 Å². The van der Waals surface area contributed by atoms with E-state index in [1.165, 1.54) is 0 Å². The number of aliphatic imine (C=N–C) groups is 1. The molecule has 1 aromatic heterocycles. The number of amidine groups is 1. The number of aromatic nitrogens is 2. The molecule has 0 radical (unpaired) electrons. The van der Waals surface area contributed by atoms with E-state index >= 15 is 0 Å². The normalized spacial score (nSPS) is 20.5. The minimum Gasteiger partial charge on any atom is -0.431 e. The van der Waals surface area contributed by atoms with Crippen molar-refractivity contribution in [3.8, 4) is 5.69 Å². The van der Waals surface area contributed by atoms with Gasteiger partial charge >= 0.3 is 6.16 Å². The van der Waals surface area contributed by atoms with E-state index in [-0.39, 0.29) is 11.3 Å². The van der Waals surface area contributed by atoms with Crippen molar-refractivity contribution in [3.05, 3.63) is 59.4 Å². The van der Waals surface area contributed by atoms with Crippen molar-refractivity contribution in [2.24, 2.45) is 4.99 Å². The van der Waals surface area contributed by atoms with Gasteiger partial charge in [-0.2, -0.15) is 9.79 Å². The lowest BCUT2D eigenvalue weighted by Gasteiger charge is -2.25. The fourth-order valence-electron chi connectivity index (χ4n) is 2.95. The van der Waals surface area contributed by atoms with E-state index in [2.05, 4.69) is 9.98 Å². The number of carbonyl (C=O) groups is 1. The van der Waals surface area contributed by atoms with Crippen LogP contribution in [0.5, 0.6) is 0 Å². The van der Waals surface area contributed by atoms with Crippen molar-refractivity contribution in [2.75, 3.05) is 6.61 Å². The Morgan fingerprint density at radius 2 is 2.33 bits per heavy atom. The molecule has 24 heavy (non-hydrogen) atoms.